The van der Waals surface area contributed by atoms with Crippen LogP contribution in [-0.4, -0.2) is 9.55 Å². The highest BCUT2D eigenvalue weighted by Crippen LogP contribution is 2.21. The molecule has 1 atom stereocenters. The van der Waals surface area contributed by atoms with Gasteiger partial charge in [0.15, 0.2) is 0 Å². The number of nitrogens with zero attached hydrogens (tertiary/aromatic N) is 3. The lowest BCUT2D eigenvalue weighted by atomic mass is 10.2. The van der Waals surface area contributed by atoms with Crippen molar-refractivity contribution in [1.82, 2.24) is 9.55 Å². The molecule has 0 N–H and O–H groups in total. The lowest BCUT2D eigenvalue weighted by molar-refractivity contribution is 0.560. The number of fused-ring (bicyclic) bond motifs is 1. The van der Waals surface area contributed by atoms with E-state index in [0.717, 1.165) is 16.9 Å². The number of nitriles is 1. The van der Waals surface area contributed by atoms with Gasteiger partial charge in [-0.15, -0.1) is 0 Å². The Bertz CT molecular complexity index is 519. The summed E-state index contributed by atoms with van der Waals surface area (Å²) < 4.78 is 2.12. The Morgan fingerprint density at radius 3 is 2.93 bits per heavy atom. The molecule has 15 heavy (non-hydrogen) atoms. The van der Waals surface area contributed by atoms with E-state index in [4.69, 9.17) is 5.26 Å². The van der Waals surface area contributed by atoms with Crippen molar-refractivity contribution < 1.29 is 0 Å². The highest BCUT2D eigenvalue weighted by Gasteiger charge is 2.11. The van der Waals surface area contributed by atoms with Crippen LogP contribution in [0.1, 0.15) is 25.2 Å². The molecular formula is C12H13N3. The van der Waals surface area contributed by atoms with Crippen molar-refractivity contribution in [3.8, 4) is 6.07 Å². The zero-order valence-corrected chi connectivity index (χ0v) is 8.94. The Morgan fingerprint density at radius 2 is 2.20 bits per heavy atom. The standard InChI is InChI=1S/C12H13N3/c1-9(7-8-13)15-10(2)14-11-5-3-4-6-12(11)15/h3-6,9H,7H2,1-2H3. The van der Waals surface area contributed by atoms with E-state index in [2.05, 4.69) is 15.6 Å². The lowest BCUT2D eigenvalue weighted by Gasteiger charge is -2.12. The molecule has 2 rings (SSSR count). The first-order valence-electron chi connectivity index (χ1n) is 5.04. The van der Waals surface area contributed by atoms with Crippen molar-refractivity contribution in [2.24, 2.45) is 0 Å². The van der Waals surface area contributed by atoms with Gasteiger partial charge >= 0.3 is 0 Å². The fraction of sp³-hybridized carbons (Fsp3) is 0.333. The van der Waals surface area contributed by atoms with E-state index in [1.165, 1.54) is 0 Å². The molecular weight excluding hydrogens is 186 g/mol. The SMILES string of the molecule is Cc1nc2ccccc2n1C(C)CC#N. The van der Waals surface area contributed by atoms with Gasteiger partial charge < -0.3 is 4.57 Å². The normalized spacial score (nSPS) is 12.6. The molecule has 0 amide bonds. The molecule has 1 unspecified atom stereocenters. The number of rotatable bonds is 2. The molecule has 1 heterocycles. The first kappa shape index (κ1) is 9.72. The molecule has 2 aromatic rings. The maximum atomic E-state index is 8.71. The molecule has 0 aliphatic heterocycles. The van der Waals surface area contributed by atoms with Gasteiger partial charge in [-0.1, -0.05) is 12.1 Å². The van der Waals surface area contributed by atoms with E-state index in [0.29, 0.717) is 6.42 Å². The number of aryl methyl sites for hydroxylation is 1. The van der Waals surface area contributed by atoms with Crippen LogP contribution in [0.25, 0.3) is 11.0 Å². The smallest absolute Gasteiger partial charge is 0.107 e. The number of benzene rings is 1. The summed E-state index contributed by atoms with van der Waals surface area (Å²) in [7, 11) is 0. The van der Waals surface area contributed by atoms with Gasteiger partial charge in [0.25, 0.3) is 0 Å². The topological polar surface area (TPSA) is 41.6 Å². The van der Waals surface area contributed by atoms with Crippen molar-refractivity contribution in [2.75, 3.05) is 0 Å². The third-order valence-corrected chi connectivity index (χ3v) is 2.60. The first-order chi connectivity index (χ1) is 7.24. The summed E-state index contributed by atoms with van der Waals surface area (Å²) >= 11 is 0. The number of hydrogen-bond donors (Lipinski definition) is 0. The van der Waals surface area contributed by atoms with E-state index < -0.39 is 0 Å². The molecule has 3 heteroatoms. The molecule has 0 aliphatic rings. The predicted molar refractivity (Wildman–Crippen MR) is 59.4 cm³/mol. The van der Waals surface area contributed by atoms with Gasteiger partial charge in [-0.2, -0.15) is 5.26 Å². The molecule has 1 aromatic carbocycles. The molecule has 0 bridgehead atoms. The molecule has 3 nitrogen and oxygen atoms in total. The highest BCUT2D eigenvalue weighted by atomic mass is 15.1. The Labute approximate surface area is 89.0 Å². The van der Waals surface area contributed by atoms with Crippen molar-refractivity contribution in [3.63, 3.8) is 0 Å². The van der Waals surface area contributed by atoms with Crippen LogP contribution in [0, 0.1) is 18.3 Å². The maximum Gasteiger partial charge on any atom is 0.107 e. The van der Waals surface area contributed by atoms with Crippen molar-refractivity contribution >= 4 is 11.0 Å². The van der Waals surface area contributed by atoms with Crippen LogP contribution in [-0.2, 0) is 0 Å². The van der Waals surface area contributed by atoms with Gasteiger partial charge in [0.2, 0.25) is 0 Å². The van der Waals surface area contributed by atoms with Crippen LogP contribution in [0.15, 0.2) is 24.3 Å². The molecule has 0 spiro atoms. The number of para-hydroxylation sites is 2. The largest absolute Gasteiger partial charge is 0.324 e. The van der Waals surface area contributed by atoms with E-state index in [9.17, 15) is 0 Å². The van der Waals surface area contributed by atoms with E-state index in [1.807, 2.05) is 38.1 Å². The zero-order valence-electron chi connectivity index (χ0n) is 8.94. The van der Waals surface area contributed by atoms with Gasteiger partial charge in [0.05, 0.1) is 23.5 Å². The molecule has 0 fully saturated rings. The second kappa shape index (κ2) is 3.74. The van der Waals surface area contributed by atoms with E-state index in [1.54, 1.807) is 0 Å². The number of imidazole rings is 1. The fourth-order valence-electron chi connectivity index (χ4n) is 1.94. The summed E-state index contributed by atoms with van der Waals surface area (Å²) in [6.45, 7) is 4.03. The molecule has 1 aromatic heterocycles. The Kier molecular flexibility index (Phi) is 2.42. The first-order valence-corrected chi connectivity index (χ1v) is 5.04. The number of aromatic nitrogens is 2. The third-order valence-electron chi connectivity index (χ3n) is 2.60. The summed E-state index contributed by atoms with van der Waals surface area (Å²) in [5.41, 5.74) is 2.11. The van der Waals surface area contributed by atoms with Gasteiger partial charge in [0.1, 0.15) is 5.82 Å². The Morgan fingerprint density at radius 1 is 1.47 bits per heavy atom. The van der Waals surface area contributed by atoms with Crippen LogP contribution in [0.4, 0.5) is 0 Å². The van der Waals surface area contributed by atoms with Crippen LogP contribution in [0.5, 0.6) is 0 Å². The molecule has 0 aliphatic carbocycles. The van der Waals surface area contributed by atoms with E-state index >= 15 is 0 Å². The summed E-state index contributed by atoms with van der Waals surface area (Å²) in [5.74, 6) is 0.971. The van der Waals surface area contributed by atoms with Crippen LogP contribution >= 0.6 is 0 Å². The van der Waals surface area contributed by atoms with Crippen molar-refractivity contribution in [2.45, 2.75) is 26.3 Å². The maximum absolute atomic E-state index is 8.71. The van der Waals surface area contributed by atoms with Crippen LogP contribution in [0.2, 0.25) is 0 Å². The molecule has 0 saturated heterocycles. The van der Waals surface area contributed by atoms with Crippen molar-refractivity contribution in [1.29, 1.82) is 5.26 Å². The summed E-state index contributed by atoms with van der Waals surface area (Å²) in [6, 6.07) is 10.4. The molecule has 0 radical (unpaired) electrons. The predicted octanol–water partition coefficient (Wildman–Crippen LogP) is 2.82. The van der Waals surface area contributed by atoms with Crippen LogP contribution < -0.4 is 0 Å². The summed E-state index contributed by atoms with van der Waals surface area (Å²) in [6.07, 6.45) is 0.515. The Balaban J connectivity index is 2.59. The second-order valence-corrected chi connectivity index (χ2v) is 3.73. The molecule has 0 saturated carbocycles. The summed E-state index contributed by atoms with van der Waals surface area (Å²) in [4.78, 5) is 4.47. The summed E-state index contributed by atoms with van der Waals surface area (Å²) in [5, 5.41) is 8.71. The Hall–Kier alpha value is -1.82. The molecule has 76 valence electrons. The highest BCUT2D eigenvalue weighted by molar-refractivity contribution is 5.76. The van der Waals surface area contributed by atoms with Gasteiger partial charge in [-0.3, -0.25) is 0 Å². The quantitative estimate of drug-likeness (QED) is 0.746. The zero-order chi connectivity index (χ0) is 10.8. The van der Waals surface area contributed by atoms with Crippen molar-refractivity contribution in [3.05, 3.63) is 30.1 Å². The van der Waals surface area contributed by atoms with Gasteiger partial charge in [-0.25, -0.2) is 4.98 Å². The van der Waals surface area contributed by atoms with Gasteiger partial charge in [-0.05, 0) is 26.0 Å². The fourth-order valence-corrected chi connectivity index (χ4v) is 1.94. The minimum atomic E-state index is 0.183. The minimum Gasteiger partial charge on any atom is -0.324 e. The van der Waals surface area contributed by atoms with E-state index in [-0.39, 0.29) is 6.04 Å². The second-order valence-electron chi connectivity index (χ2n) is 3.73. The number of hydrogen-bond acceptors (Lipinski definition) is 2. The van der Waals surface area contributed by atoms with Crippen LogP contribution in [0.3, 0.4) is 0 Å². The lowest BCUT2D eigenvalue weighted by Crippen LogP contribution is -2.06. The minimum absolute atomic E-state index is 0.183. The average molecular weight is 199 g/mol. The van der Waals surface area contributed by atoms with Gasteiger partial charge in [0, 0.05) is 6.04 Å². The average Bonchev–Trinajstić information content (AvgIpc) is 2.54. The third kappa shape index (κ3) is 1.59. The monoisotopic (exact) mass is 199 g/mol.